The smallest absolute Gasteiger partial charge is 0.294 e. The quantitative estimate of drug-likeness (QED) is 0.665. The molecule has 3 heterocycles. The first kappa shape index (κ1) is 17.2. The number of rotatable bonds is 4. The summed E-state index contributed by atoms with van der Waals surface area (Å²) >= 11 is 2.67. The molecule has 1 N–H and O–H groups in total. The lowest BCUT2D eigenvalue weighted by Crippen LogP contribution is -2.30. The van der Waals surface area contributed by atoms with Crippen molar-refractivity contribution in [3.05, 3.63) is 85.9 Å². The van der Waals surface area contributed by atoms with Gasteiger partial charge in [0, 0.05) is 10.6 Å². The molecule has 1 amide bonds. The van der Waals surface area contributed by atoms with E-state index in [0.717, 1.165) is 4.88 Å². The standard InChI is InChI=1S/C20H12N2O3S2/c21-11-12-5-7-13(8-6-12)22-17(14-3-1-9-26-14)16(19(24)20(22)25)18(23)15-4-2-10-27-15/h1-10,17,24H. The molecule has 2 aromatic heterocycles. The maximum absolute atomic E-state index is 13.0. The lowest BCUT2D eigenvalue weighted by atomic mass is 10.0. The molecular formula is C20H12N2O3S2. The summed E-state index contributed by atoms with van der Waals surface area (Å²) in [5.41, 5.74) is 1.05. The normalized spacial score (nSPS) is 16.6. The highest BCUT2D eigenvalue weighted by Crippen LogP contribution is 2.43. The highest BCUT2D eigenvalue weighted by atomic mass is 32.1. The van der Waals surface area contributed by atoms with Gasteiger partial charge in [0.2, 0.25) is 5.78 Å². The molecule has 4 rings (SSSR count). The fourth-order valence-electron chi connectivity index (χ4n) is 3.06. The van der Waals surface area contributed by atoms with Crippen LogP contribution in [0.15, 0.2) is 70.6 Å². The average Bonchev–Trinajstić information content (AvgIpc) is 3.44. The van der Waals surface area contributed by atoms with Crippen molar-refractivity contribution in [3.8, 4) is 6.07 Å². The summed E-state index contributed by atoms with van der Waals surface area (Å²) < 4.78 is 0. The number of hydrogen-bond donors (Lipinski definition) is 1. The topological polar surface area (TPSA) is 81.4 Å². The highest BCUT2D eigenvalue weighted by Gasteiger charge is 2.45. The number of ketones is 1. The van der Waals surface area contributed by atoms with Gasteiger partial charge < -0.3 is 5.11 Å². The van der Waals surface area contributed by atoms with Crippen LogP contribution < -0.4 is 4.90 Å². The van der Waals surface area contributed by atoms with Gasteiger partial charge in [-0.25, -0.2) is 0 Å². The number of Topliss-reactive ketones (excluding diaryl/α,β-unsaturated/α-hetero) is 1. The highest BCUT2D eigenvalue weighted by molar-refractivity contribution is 7.12. The van der Waals surface area contributed by atoms with Gasteiger partial charge in [-0.1, -0.05) is 12.1 Å². The van der Waals surface area contributed by atoms with Gasteiger partial charge in [0.1, 0.15) is 6.04 Å². The predicted octanol–water partition coefficient (Wildman–Crippen LogP) is 4.46. The molecule has 0 saturated heterocycles. The molecule has 0 bridgehead atoms. The second-order valence-electron chi connectivity index (χ2n) is 5.82. The Morgan fingerprint density at radius 3 is 2.37 bits per heavy atom. The number of carbonyl (C=O) groups is 2. The van der Waals surface area contributed by atoms with Gasteiger partial charge in [-0.05, 0) is 47.2 Å². The van der Waals surface area contributed by atoms with Gasteiger partial charge in [0.25, 0.3) is 5.91 Å². The maximum Gasteiger partial charge on any atom is 0.294 e. The minimum atomic E-state index is -0.708. The average molecular weight is 392 g/mol. The van der Waals surface area contributed by atoms with E-state index in [0.29, 0.717) is 16.1 Å². The number of carbonyl (C=O) groups excluding carboxylic acids is 2. The predicted molar refractivity (Wildman–Crippen MR) is 104 cm³/mol. The molecule has 1 aliphatic rings. The van der Waals surface area contributed by atoms with E-state index < -0.39 is 17.7 Å². The molecular weight excluding hydrogens is 380 g/mol. The van der Waals surface area contributed by atoms with E-state index in [9.17, 15) is 14.7 Å². The number of hydrogen-bond acceptors (Lipinski definition) is 6. The molecule has 0 saturated carbocycles. The molecule has 1 aliphatic heterocycles. The molecule has 1 aromatic carbocycles. The maximum atomic E-state index is 13.0. The van der Waals surface area contributed by atoms with E-state index in [1.165, 1.54) is 27.6 Å². The molecule has 7 heteroatoms. The molecule has 0 aliphatic carbocycles. The van der Waals surface area contributed by atoms with Crippen LogP contribution in [0.25, 0.3) is 0 Å². The van der Waals surface area contributed by atoms with Crippen LogP contribution in [-0.4, -0.2) is 16.8 Å². The minimum Gasteiger partial charge on any atom is -0.503 e. The lowest BCUT2D eigenvalue weighted by Gasteiger charge is -2.25. The van der Waals surface area contributed by atoms with Crippen molar-refractivity contribution >= 4 is 40.1 Å². The van der Waals surface area contributed by atoms with Crippen LogP contribution >= 0.6 is 22.7 Å². The van der Waals surface area contributed by atoms with Crippen LogP contribution in [0.5, 0.6) is 0 Å². The van der Waals surface area contributed by atoms with Crippen LogP contribution in [-0.2, 0) is 4.79 Å². The molecule has 1 atom stereocenters. The minimum absolute atomic E-state index is 0.0780. The Bertz CT molecular complexity index is 1080. The molecule has 3 aromatic rings. The summed E-state index contributed by atoms with van der Waals surface area (Å²) in [7, 11) is 0. The Hall–Kier alpha value is -3.21. The van der Waals surface area contributed by atoms with Crippen molar-refractivity contribution < 1.29 is 14.7 Å². The number of amides is 1. The van der Waals surface area contributed by atoms with E-state index >= 15 is 0 Å². The van der Waals surface area contributed by atoms with Gasteiger partial charge in [0.05, 0.1) is 22.1 Å². The van der Waals surface area contributed by atoms with Crippen LogP contribution in [0, 0.1) is 11.3 Å². The van der Waals surface area contributed by atoms with Crippen LogP contribution in [0.4, 0.5) is 5.69 Å². The molecule has 5 nitrogen and oxygen atoms in total. The Kier molecular flexibility index (Phi) is 4.36. The van der Waals surface area contributed by atoms with Crippen molar-refractivity contribution in [2.45, 2.75) is 6.04 Å². The molecule has 132 valence electrons. The number of benzene rings is 1. The third-order valence-corrected chi connectivity index (χ3v) is 6.08. The van der Waals surface area contributed by atoms with Crippen molar-refractivity contribution in [1.82, 2.24) is 0 Å². The second-order valence-corrected chi connectivity index (χ2v) is 7.75. The monoisotopic (exact) mass is 392 g/mol. The number of nitrogens with zero attached hydrogens (tertiary/aromatic N) is 2. The van der Waals surface area contributed by atoms with Crippen molar-refractivity contribution in [2.75, 3.05) is 4.90 Å². The van der Waals surface area contributed by atoms with E-state index in [4.69, 9.17) is 5.26 Å². The third kappa shape index (κ3) is 2.85. The zero-order chi connectivity index (χ0) is 19.0. The molecule has 0 fully saturated rings. The lowest BCUT2D eigenvalue weighted by molar-refractivity contribution is -0.117. The number of thiophene rings is 2. The Morgan fingerprint density at radius 2 is 1.78 bits per heavy atom. The van der Waals surface area contributed by atoms with Crippen LogP contribution in [0.3, 0.4) is 0 Å². The number of aliphatic hydroxyl groups is 1. The molecule has 27 heavy (non-hydrogen) atoms. The van der Waals surface area contributed by atoms with Gasteiger partial charge in [-0.2, -0.15) is 5.26 Å². The van der Waals surface area contributed by atoms with Crippen molar-refractivity contribution in [2.24, 2.45) is 0 Å². The largest absolute Gasteiger partial charge is 0.503 e. The summed E-state index contributed by atoms with van der Waals surface area (Å²) in [6.07, 6.45) is 0. The molecule has 0 radical (unpaired) electrons. The first-order valence-electron chi connectivity index (χ1n) is 8.00. The number of nitriles is 1. The Labute approximate surface area is 163 Å². The van der Waals surface area contributed by atoms with E-state index in [1.807, 2.05) is 23.6 Å². The number of aliphatic hydroxyl groups excluding tert-OH is 1. The fourth-order valence-corrected chi connectivity index (χ4v) is 4.56. The zero-order valence-corrected chi connectivity index (χ0v) is 15.5. The first-order chi connectivity index (χ1) is 13.1. The summed E-state index contributed by atoms with van der Waals surface area (Å²) in [5.74, 6) is -1.51. The van der Waals surface area contributed by atoms with E-state index in [2.05, 4.69) is 0 Å². The zero-order valence-electron chi connectivity index (χ0n) is 13.8. The summed E-state index contributed by atoms with van der Waals surface area (Å²) in [6.45, 7) is 0. The second kappa shape index (κ2) is 6.83. The van der Waals surface area contributed by atoms with Crippen molar-refractivity contribution in [3.63, 3.8) is 0 Å². The van der Waals surface area contributed by atoms with Crippen LogP contribution in [0.2, 0.25) is 0 Å². The Morgan fingerprint density at radius 1 is 1.07 bits per heavy atom. The van der Waals surface area contributed by atoms with Gasteiger partial charge in [-0.3, -0.25) is 14.5 Å². The summed E-state index contributed by atoms with van der Waals surface area (Å²) in [4.78, 5) is 28.5. The van der Waals surface area contributed by atoms with E-state index in [-0.39, 0.29) is 11.4 Å². The summed E-state index contributed by atoms with van der Waals surface area (Å²) in [6, 6.07) is 14.9. The van der Waals surface area contributed by atoms with Gasteiger partial charge in [0.15, 0.2) is 5.76 Å². The summed E-state index contributed by atoms with van der Waals surface area (Å²) in [5, 5.41) is 23.2. The molecule has 0 spiro atoms. The SMILES string of the molecule is N#Cc1ccc(N2C(=O)C(O)=C(C(=O)c3cccs3)C2c2cccs2)cc1. The van der Waals surface area contributed by atoms with Gasteiger partial charge >= 0.3 is 0 Å². The third-order valence-electron chi connectivity index (χ3n) is 4.28. The Balaban J connectivity index is 1.84. The van der Waals surface area contributed by atoms with E-state index in [1.54, 1.807) is 41.8 Å². The molecule has 1 unspecified atom stereocenters. The first-order valence-corrected chi connectivity index (χ1v) is 9.76. The van der Waals surface area contributed by atoms with Gasteiger partial charge in [-0.15, -0.1) is 22.7 Å². The van der Waals surface area contributed by atoms with Crippen molar-refractivity contribution in [1.29, 1.82) is 5.26 Å². The van der Waals surface area contributed by atoms with Crippen LogP contribution in [0.1, 0.15) is 26.2 Å². The number of anilines is 1. The fraction of sp³-hybridized carbons (Fsp3) is 0.0500.